The van der Waals surface area contributed by atoms with Crippen molar-refractivity contribution >= 4 is 11.4 Å². The van der Waals surface area contributed by atoms with Gasteiger partial charge < -0.3 is 10.4 Å². The van der Waals surface area contributed by atoms with Gasteiger partial charge in [0.15, 0.2) is 0 Å². The van der Waals surface area contributed by atoms with Gasteiger partial charge in [0.1, 0.15) is 5.75 Å². The minimum atomic E-state index is 0.201. The molecule has 0 aliphatic rings. The molecule has 3 heteroatoms. The molecule has 0 radical (unpaired) electrons. The van der Waals surface area contributed by atoms with E-state index in [2.05, 4.69) is 11.4 Å². The lowest BCUT2D eigenvalue weighted by Gasteiger charge is -2.07. The van der Waals surface area contributed by atoms with Crippen LogP contribution in [0.4, 0.5) is 11.4 Å². The fourth-order valence-electron chi connectivity index (χ4n) is 1.36. The monoisotopic (exact) mass is 210 g/mol. The molecule has 0 fully saturated rings. The molecule has 2 aromatic carbocycles. The third-order valence-corrected chi connectivity index (χ3v) is 2.20. The van der Waals surface area contributed by atoms with E-state index in [0.717, 1.165) is 5.69 Å². The van der Waals surface area contributed by atoms with Gasteiger partial charge in [0, 0.05) is 5.69 Å². The maximum absolute atomic E-state index is 9.56. The molecule has 0 bridgehead atoms. The van der Waals surface area contributed by atoms with E-state index in [1.807, 2.05) is 6.07 Å². The normalized spacial score (nSPS) is 9.44. The number of phenolic OH excluding ortho intramolecular Hbond substituents is 1. The number of nitrogens with zero attached hydrogens (tertiary/aromatic N) is 1. The van der Waals surface area contributed by atoms with Gasteiger partial charge in [-0.15, -0.1) is 0 Å². The van der Waals surface area contributed by atoms with Crippen LogP contribution in [0, 0.1) is 11.3 Å². The summed E-state index contributed by atoms with van der Waals surface area (Å²) in [4.78, 5) is 0. The van der Waals surface area contributed by atoms with E-state index in [4.69, 9.17) is 5.26 Å². The Balaban J connectivity index is 2.22. The highest BCUT2D eigenvalue weighted by Crippen LogP contribution is 2.25. The number of para-hydroxylation sites is 2. The summed E-state index contributed by atoms with van der Waals surface area (Å²) < 4.78 is 0. The van der Waals surface area contributed by atoms with Crippen molar-refractivity contribution in [2.45, 2.75) is 0 Å². The predicted octanol–water partition coefficient (Wildman–Crippen LogP) is 3.01. The molecule has 16 heavy (non-hydrogen) atoms. The van der Waals surface area contributed by atoms with Crippen LogP contribution in [-0.4, -0.2) is 5.11 Å². The third kappa shape index (κ3) is 2.12. The maximum Gasteiger partial charge on any atom is 0.139 e. The summed E-state index contributed by atoms with van der Waals surface area (Å²) >= 11 is 0. The van der Waals surface area contributed by atoms with Crippen molar-refractivity contribution in [1.29, 1.82) is 5.26 Å². The molecule has 2 rings (SSSR count). The van der Waals surface area contributed by atoms with Crippen LogP contribution in [0.5, 0.6) is 5.75 Å². The topological polar surface area (TPSA) is 56.0 Å². The molecular formula is C13H10N2O. The van der Waals surface area contributed by atoms with Crippen molar-refractivity contribution in [2.24, 2.45) is 0 Å². The first-order valence-electron chi connectivity index (χ1n) is 4.85. The van der Waals surface area contributed by atoms with Crippen LogP contribution in [0.15, 0.2) is 48.5 Å². The number of nitrogens with one attached hydrogen (secondary N) is 1. The van der Waals surface area contributed by atoms with Crippen LogP contribution < -0.4 is 5.32 Å². The molecule has 0 saturated carbocycles. The number of nitriles is 1. The second kappa shape index (κ2) is 4.37. The second-order valence-electron chi connectivity index (χ2n) is 3.33. The first-order valence-corrected chi connectivity index (χ1v) is 4.85. The van der Waals surface area contributed by atoms with Crippen LogP contribution in [0.2, 0.25) is 0 Å². The molecule has 0 aromatic heterocycles. The van der Waals surface area contributed by atoms with Crippen LogP contribution in [0.3, 0.4) is 0 Å². The van der Waals surface area contributed by atoms with Gasteiger partial charge in [0.2, 0.25) is 0 Å². The Bertz CT molecular complexity index is 526. The van der Waals surface area contributed by atoms with E-state index in [1.54, 1.807) is 42.5 Å². The second-order valence-corrected chi connectivity index (χ2v) is 3.33. The van der Waals surface area contributed by atoms with Gasteiger partial charge in [-0.25, -0.2) is 0 Å². The molecule has 0 heterocycles. The molecule has 0 saturated heterocycles. The van der Waals surface area contributed by atoms with Gasteiger partial charge in [-0.05, 0) is 36.4 Å². The Labute approximate surface area is 93.6 Å². The number of hydrogen-bond acceptors (Lipinski definition) is 3. The van der Waals surface area contributed by atoms with Crippen molar-refractivity contribution < 1.29 is 5.11 Å². The van der Waals surface area contributed by atoms with Crippen LogP contribution >= 0.6 is 0 Å². The first-order chi connectivity index (χ1) is 7.79. The molecular weight excluding hydrogens is 200 g/mol. The maximum atomic E-state index is 9.56. The summed E-state index contributed by atoms with van der Waals surface area (Å²) in [5.41, 5.74) is 2.09. The van der Waals surface area contributed by atoms with E-state index >= 15 is 0 Å². The van der Waals surface area contributed by atoms with E-state index < -0.39 is 0 Å². The van der Waals surface area contributed by atoms with Crippen molar-refractivity contribution in [2.75, 3.05) is 5.32 Å². The average Bonchev–Trinajstić information content (AvgIpc) is 2.33. The standard InChI is InChI=1S/C13H10N2O/c14-9-10-5-7-11(8-6-10)15-12-3-1-2-4-13(12)16/h1-8,15-16H. The molecule has 0 atom stereocenters. The molecule has 0 aliphatic carbocycles. The smallest absolute Gasteiger partial charge is 0.139 e. The Morgan fingerprint density at radius 1 is 1.00 bits per heavy atom. The Hall–Kier alpha value is -2.47. The lowest BCUT2D eigenvalue weighted by molar-refractivity contribution is 0.478. The Kier molecular flexibility index (Phi) is 2.75. The zero-order valence-electron chi connectivity index (χ0n) is 8.51. The predicted molar refractivity (Wildman–Crippen MR) is 62.5 cm³/mol. The molecule has 78 valence electrons. The number of anilines is 2. The molecule has 2 N–H and O–H groups in total. The molecule has 2 aromatic rings. The number of rotatable bonds is 2. The molecule has 0 amide bonds. The van der Waals surface area contributed by atoms with Crippen LogP contribution in [-0.2, 0) is 0 Å². The minimum absolute atomic E-state index is 0.201. The summed E-state index contributed by atoms with van der Waals surface area (Å²) in [7, 11) is 0. The van der Waals surface area contributed by atoms with Gasteiger partial charge in [-0.3, -0.25) is 0 Å². The van der Waals surface area contributed by atoms with E-state index in [0.29, 0.717) is 11.3 Å². The lowest BCUT2D eigenvalue weighted by Crippen LogP contribution is -1.90. The van der Waals surface area contributed by atoms with Crippen molar-refractivity contribution in [3.05, 3.63) is 54.1 Å². The molecule has 0 unspecified atom stereocenters. The van der Waals surface area contributed by atoms with Crippen LogP contribution in [0.1, 0.15) is 5.56 Å². The SMILES string of the molecule is N#Cc1ccc(Nc2ccccc2O)cc1. The zero-order chi connectivity index (χ0) is 11.4. The van der Waals surface area contributed by atoms with Gasteiger partial charge >= 0.3 is 0 Å². The quantitative estimate of drug-likeness (QED) is 0.749. The summed E-state index contributed by atoms with van der Waals surface area (Å²) in [6, 6.07) is 16.1. The highest BCUT2D eigenvalue weighted by molar-refractivity contribution is 5.65. The summed E-state index contributed by atoms with van der Waals surface area (Å²) in [5, 5.41) is 21.3. The largest absolute Gasteiger partial charge is 0.506 e. The summed E-state index contributed by atoms with van der Waals surface area (Å²) in [6.45, 7) is 0. The Morgan fingerprint density at radius 3 is 2.31 bits per heavy atom. The number of phenols is 1. The zero-order valence-corrected chi connectivity index (χ0v) is 8.51. The van der Waals surface area contributed by atoms with Crippen molar-refractivity contribution in [3.63, 3.8) is 0 Å². The Morgan fingerprint density at radius 2 is 1.69 bits per heavy atom. The average molecular weight is 210 g/mol. The summed E-state index contributed by atoms with van der Waals surface area (Å²) in [5.74, 6) is 0.201. The number of hydrogen-bond donors (Lipinski definition) is 2. The van der Waals surface area contributed by atoms with Gasteiger partial charge in [0.25, 0.3) is 0 Å². The highest BCUT2D eigenvalue weighted by Gasteiger charge is 1.99. The molecule has 0 aliphatic heterocycles. The van der Waals surface area contributed by atoms with Gasteiger partial charge in [-0.1, -0.05) is 12.1 Å². The fourth-order valence-corrected chi connectivity index (χ4v) is 1.36. The van der Waals surface area contributed by atoms with E-state index in [1.165, 1.54) is 0 Å². The molecule has 0 spiro atoms. The highest BCUT2D eigenvalue weighted by atomic mass is 16.3. The lowest BCUT2D eigenvalue weighted by atomic mass is 10.2. The van der Waals surface area contributed by atoms with Crippen molar-refractivity contribution in [1.82, 2.24) is 0 Å². The fraction of sp³-hybridized carbons (Fsp3) is 0. The third-order valence-electron chi connectivity index (χ3n) is 2.20. The van der Waals surface area contributed by atoms with E-state index in [9.17, 15) is 5.11 Å². The van der Waals surface area contributed by atoms with Crippen LogP contribution in [0.25, 0.3) is 0 Å². The first kappa shape index (κ1) is 10.1. The van der Waals surface area contributed by atoms with Crippen molar-refractivity contribution in [3.8, 4) is 11.8 Å². The van der Waals surface area contributed by atoms with Gasteiger partial charge in [-0.2, -0.15) is 5.26 Å². The molecule has 3 nitrogen and oxygen atoms in total. The van der Waals surface area contributed by atoms with E-state index in [-0.39, 0.29) is 5.75 Å². The number of aromatic hydroxyl groups is 1. The minimum Gasteiger partial charge on any atom is -0.506 e. The summed E-state index contributed by atoms with van der Waals surface area (Å²) in [6.07, 6.45) is 0. The van der Waals surface area contributed by atoms with Gasteiger partial charge in [0.05, 0.1) is 17.3 Å². The number of benzene rings is 2.